The minimum atomic E-state index is -0.153. The summed E-state index contributed by atoms with van der Waals surface area (Å²) in [5.41, 5.74) is 2.15. The first kappa shape index (κ1) is 15.1. The number of aryl methyl sites for hydroxylation is 2. The van der Waals surface area contributed by atoms with E-state index in [1.807, 2.05) is 26.0 Å². The van der Waals surface area contributed by atoms with Crippen LogP contribution in [-0.2, 0) is 0 Å². The summed E-state index contributed by atoms with van der Waals surface area (Å²) in [6.45, 7) is 5.54. The van der Waals surface area contributed by atoms with Gasteiger partial charge in [0.15, 0.2) is 0 Å². The number of nitrogens with one attached hydrogen (secondary N) is 2. The second-order valence-electron chi connectivity index (χ2n) is 4.65. The summed E-state index contributed by atoms with van der Waals surface area (Å²) in [7, 11) is 0. The van der Waals surface area contributed by atoms with E-state index < -0.39 is 0 Å². The van der Waals surface area contributed by atoms with E-state index in [0.717, 1.165) is 15.9 Å². The molecule has 2 rings (SSSR count). The van der Waals surface area contributed by atoms with Crippen molar-refractivity contribution in [1.82, 2.24) is 9.97 Å². The maximum atomic E-state index is 12.0. The van der Waals surface area contributed by atoms with Crippen molar-refractivity contribution in [3.05, 3.63) is 55.1 Å². The zero-order chi connectivity index (χ0) is 14.9. The standard InChI is InChI=1S/C14H15BrClN3O/c1-7-13(14(20)19-9(3)17-7)8(2)18-10-4-5-12(16)11(15)6-10/h4-6,8,18H,1-3H3,(H,17,19,20). The van der Waals surface area contributed by atoms with Crippen LogP contribution in [0.4, 0.5) is 5.69 Å². The van der Waals surface area contributed by atoms with Crippen molar-refractivity contribution in [2.45, 2.75) is 26.8 Å². The summed E-state index contributed by atoms with van der Waals surface area (Å²) in [4.78, 5) is 19.1. The number of anilines is 1. The zero-order valence-corrected chi connectivity index (χ0v) is 13.8. The third kappa shape index (κ3) is 3.22. The Balaban J connectivity index is 2.30. The molecule has 2 N–H and O–H groups in total. The summed E-state index contributed by atoms with van der Waals surface area (Å²) >= 11 is 9.34. The number of aromatic amines is 1. The van der Waals surface area contributed by atoms with Gasteiger partial charge in [0, 0.05) is 10.2 Å². The van der Waals surface area contributed by atoms with Gasteiger partial charge in [0.05, 0.1) is 22.3 Å². The van der Waals surface area contributed by atoms with Crippen molar-refractivity contribution in [2.24, 2.45) is 0 Å². The Kier molecular flexibility index (Phi) is 4.50. The third-order valence-electron chi connectivity index (χ3n) is 3.00. The van der Waals surface area contributed by atoms with Crippen molar-refractivity contribution in [2.75, 3.05) is 5.32 Å². The highest BCUT2D eigenvalue weighted by Gasteiger charge is 2.14. The molecule has 1 aromatic heterocycles. The number of hydrogen-bond donors (Lipinski definition) is 2. The van der Waals surface area contributed by atoms with Gasteiger partial charge in [-0.1, -0.05) is 11.6 Å². The molecule has 1 atom stereocenters. The van der Waals surface area contributed by atoms with Crippen LogP contribution in [0.1, 0.15) is 30.0 Å². The van der Waals surface area contributed by atoms with Crippen LogP contribution in [0.2, 0.25) is 5.02 Å². The molecule has 0 aliphatic heterocycles. The Hall–Kier alpha value is -1.33. The van der Waals surface area contributed by atoms with E-state index in [1.165, 1.54) is 0 Å². The smallest absolute Gasteiger partial charge is 0.256 e. The van der Waals surface area contributed by atoms with Crippen molar-refractivity contribution in [3.8, 4) is 0 Å². The molecule has 0 saturated heterocycles. The molecule has 0 fully saturated rings. The highest BCUT2D eigenvalue weighted by atomic mass is 79.9. The fourth-order valence-electron chi connectivity index (χ4n) is 2.15. The van der Waals surface area contributed by atoms with Crippen molar-refractivity contribution in [1.29, 1.82) is 0 Å². The topological polar surface area (TPSA) is 57.8 Å². The summed E-state index contributed by atoms with van der Waals surface area (Å²) in [6, 6.07) is 5.39. The predicted molar refractivity (Wildman–Crippen MR) is 85.5 cm³/mol. The highest BCUT2D eigenvalue weighted by molar-refractivity contribution is 9.10. The molecular formula is C14H15BrClN3O. The quantitative estimate of drug-likeness (QED) is 0.874. The monoisotopic (exact) mass is 355 g/mol. The lowest BCUT2D eigenvalue weighted by Crippen LogP contribution is -2.23. The van der Waals surface area contributed by atoms with E-state index in [4.69, 9.17) is 11.6 Å². The number of rotatable bonds is 3. The SMILES string of the molecule is Cc1nc(C)c(C(C)Nc2ccc(Cl)c(Br)c2)c(=O)[nH]1. The van der Waals surface area contributed by atoms with Gasteiger partial charge in [-0.2, -0.15) is 0 Å². The summed E-state index contributed by atoms with van der Waals surface area (Å²) in [5, 5.41) is 3.93. The molecule has 106 valence electrons. The molecule has 1 aromatic carbocycles. The van der Waals surface area contributed by atoms with Gasteiger partial charge in [0.2, 0.25) is 0 Å². The maximum Gasteiger partial charge on any atom is 0.256 e. The second kappa shape index (κ2) is 5.97. The molecule has 2 aromatic rings. The molecule has 4 nitrogen and oxygen atoms in total. The molecule has 6 heteroatoms. The first-order valence-electron chi connectivity index (χ1n) is 6.17. The number of halogens is 2. The van der Waals surface area contributed by atoms with E-state index in [9.17, 15) is 4.79 Å². The van der Waals surface area contributed by atoms with E-state index in [0.29, 0.717) is 16.4 Å². The number of aromatic nitrogens is 2. The van der Waals surface area contributed by atoms with Crippen LogP contribution >= 0.6 is 27.5 Å². The molecular weight excluding hydrogens is 342 g/mol. The first-order chi connectivity index (χ1) is 9.38. The third-order valence-corrected chi connectivity index (χ3v) is 4.21. The summed E-state index contributed by atoms with van der Waals surface area (Å²) in [6.07, 6.45) is 0. The Morgan fingerprint density at radius 3 is 2.70 bits per heavy atom. The van der Waals surface area contributed by atoms with Gasteiger partial charge in [0.1, 0.15) is 5.82 Å². The number of hydrogen-bond acceptors (Lipinski definition) is 3. The van der Waals surface area contributed by atoms with Crippen LogP contribution in [0.25, 0.3) is 0 Å². The average Bonchev–Trinajstić information content (AvgIpc) is 2.32. The van der Waals surface area contributed by atoms with Gasteiger partial charge >= 0.3 is 0 Å². The molecule has 20 heavy (non-hydrogen) atoms. The number of H-pyrrole nitrogens is 1. The normalized spacial score (nSPS) is 12.2. The first-order valence-corrected chi connectivity index (χ1v) is 7.34. The van der Waals surface area contributed by atoms with Gasteiger partial charge in [-0.05, 0) is 54.9 Å². The Labute approximate surface area is 130 Å². The fraction of sp³-hybridized carbons (Fsp3) is 0.286. The minimum absolute atomic E-state index is 0.108. The van der Waals surface area contributed by atoms with Crippen LogP contribution < -0.4 is 10.9 Å². The minimum Gasteiger partial charge on any atom is -0.378 e. The van der Waals surface area contributed by atoms with Gasteiger partial charge in [0.25, 0.3) is 5.56 Å². The molecule has 0 radical (unpaired) electrons. The van der Waals surface area contributed by atoms with Gasteiger partial charge < -0.3 is 10.3 Å². The number of benzene rings is 1. The Morgan fingerprint density at radius 2 is 2.10 bits per heavy atom. The van der Waals surface area contributed by atoms with Crippen molar-refractivity contribution < 1.29 is 0 Å². The molecule has 0 spiro atoms. The molecule has 0 aliphatic rings. The molecule has 1 unspecified atom stereocenters. The van der Waals surface area contributed by atoms with Gasteiger partial charge in [-0.15, -0.1) is 0 Å². The highest BCUT2D eigenvalue weighted by Crippen LogP contribution is 2.27. The van der Waals surface area contributed by atoms with E-state index in [1.54, 1.807) is 13.0 Å². The van der Waals surface area contributed by atoms with E-state index in [-0.39, 0.29) is 11.6 Å². The molecule has 0 amide bonds. The maximum absolute atomic E-state index is 12.0. The van der Waals surface area contributed by atoms with Gasteiger partial charge in [-0.25, -0.2) is 4.98 Å². The van der Waals surface area contributed by atoms with Crippen LogP contribution in [0, 0.1) is 13.8 Å². The van der Waals surface area contributed by atoms with Crippen molar-refractivity contribution in [3.63, 3.8) is 0 Å². The van der Waals surface area contributed by atoms with Crippen LogP contribution in [0.3, 0.4) is 0 Å². The molecule has 0 aliphatic carbocycles. The summed E-state index contributed by atoms with van der Waals surface area (Å²) < 4.78 is 0.809. The second-order valence-corrected chi connectivity index (χ2v) is 5.91. The van der Waals surface area contributed by atoms with E-state index >= 15 is 0 Å². The Bertz CT molecular complexity index is 699. The molecule has 0 saturated carbocycles. The molecule has 1 heterocycles. The van der Waals surface area contributed by atoms with Gasteiger partial charge in [-0.3, -0.25) is 4.79 Å². The van der Waals surface area contributed by atoms with Crippen molar-refractivity contribution >= 4 is 33.2 Å². The lowest BCUT2D eigenvalue weighted by atomic mass is 10.1. The number of nitrogens with zero attached hydrogens (tertiary/aromatic N) is 1. The lowest BCUT2D eigenvalue weighted by molar-refractivity contribution is 0.814. The largest absolute Gasteiger partial charge is 0.378 e. The van der Waals surface area contributed by atoms with Crippen LogP contribution in [0.15, 0.2) is 27.5 Å². The average molecular weight is 357 g/mol. The van der Waals surface area contributed by atoms with Crippen LogP contribution in [0.5, 0.6) is 0 Å². The Morgan fingerprint density at radius 1 is 1.40 bits per heavy atom. The lowest BCUT2D eigenvalue weighted by Gasteiger charge is -2.17. The summed E-state index contributed by atoms with van der Waals surface area (Å²) in [5.74, 6) is 0.623. The fourth-order valence-corrected chi connectivity index (χ4v) is 2.65. The van der Waals surface area contributed by atoms with E-state index in [2.05, 4.69) is 31.2 Å². The zero-order valence-electron chi connectivity index (χ0n) is 11.4. The predicted octanol–water partition coefficient (Wildman–Crippen LogP) is 3.98. The molecule has 0 bridgehead atoms. The van der Waals surface area contributed by atoms with Crippen LogP contribution in [-0.4, -0.2) is 9.97 Å².